The van der Waals surface area contributed by atoms with Crippen LogP contribution in [-0.4, -0.2) is 21.2 Å². The van der Waals surface area contributed by atoms with Crippen molar-refractivity contribution in [2.75, 3.05) is 11.1 Å². The second-order valence-electron chi connectivity index (χ2n) is 8.65. The van der Waals surface area contributed by atoms with E-state index >= 15 is 0 Å². The van der Waals surface area contributed by atoms with Gasteiger partial charge in [-0.2, -0.15) is 0 Å². The first-order valence-corrected chi connectivity index (χ1v) is 13.2. The summed E-state index contributed by atoms with van der Waals surface area (Å²) in [7, 11) is 0. The quantitative estimate of drug-likeness (QED) is 0.266. The van der Waals surface area contributed by atoms with E-state index in [1.807, 2.05) is 32.0 Å². The van der Waals surface area contributed by atoms with Gasteiger partial charge in [0.05, 0.1) is 16.8 Å². The number of para-hydroxylation sites is 1. The van der Waals surface area contributed by atoms with Crippen LogP contribution in [0.15, 0.2) is 46.3 Å². The molecule has 0 atom stereocenters. The Hall–Kier alpha value is -3.04. The summed E-state index contributed by atoms with van der Waals surface area (Å²) in [4.78, 5) is 33.1. The average Bonchev–Trinajstić information content (AvgIpc) is 3.20. The first-order valence-electron chi connectivity index (χ1n) is 11.3. The number of thiophene rings is 1. The number of halogens is 2. The van der Waals surface area contributed by atoms with Crippen molar-refractivity contribution in [2.24, 2.45) is 0 Å². The SMILES string of the molecule is Cc1ccc(-n2c(SCC(=O)Nc3c(F)cccc3F)nc3sc4c(c3c2=O)CCCC4)c(C)c1. The number of amides is 1. The Morgan fingerprint density at radius 1 is 1.14 bits per heavy atom. The molecule has 1 aliphatic carbocycles. The normalized spacial score (nSPS) is 13.1. The number of aryl methyl sites for hydroxylation is 4. The summed E-state index contributed by atoms with van der Waals surface area (Å²) in [5.41, 5.74) is 3.15. The molecule has 0 aliphatic heterocycles. The Morgan fingerprint density at radius 2 is 1.89 bits per heavy atom. The second kappa shape index (κ2) is 9.54. The number of hydrogen-bond donors (Lipinski definition) is 1. The predicted octanol–water partition coefficient (Wildman–Crippen LogP) is 5.95. The topological polar surface area (TPSA) is 64.0 Å². The zero-order valence-corrected chi connectivity index (χ0v) is 20.9. The number of aromatic nitrogens is 2. The third kappa shape index (κ3) is 4.50. The van der Waals surface area contributed by atoms with Crippen LogP contribution in [0.5, 0.6) is 0 Å². The van der Waals surface area contributed by atoms with Crippen LogP contribution in [0.4, 0.5) is 14.5 Å². The van der Waals surface area contributed by atoms with Gasteiger partial charge in [0.25, 0.3) is 5.56 Å². The van der Waals surface area contributed by atoms with Crippen molar-refractivity contribution in [1.29, 1.82) is 0 Å². The molecule has 2 aromatic carbocycles. The van der Waals surface area contributed by atoms with Gasteiger partial charge in [0.15, 0.2) is 5.16 Å². The summed E-state index contributed by atoms with van der Waals surface area (Å²) in [6.45, 7) is 3.92. The third-order valence-electron chi connectivity index (χ3n) is 6.11. The Labute approximate surface area is 209 Å². The van der Waals surface area contributed by atoms with E-state index in [0.717, 1.165) is 66.3 Å². The van der Waals surface area contributed by atoms with Gasteiger partial charge in [-0.25, -0.2) is 13.8 Å². The van der Waals surface area contributed by atoms with Crippen molar-refractivity contribution in [3.8, 4) is 5.69 Å². The lowest BCUT2D eigenvalue weighted by atomic mass is 9.97. The van der Waals surface area contributed by atoms with E-state index in [1.54, 1.807) is 15.9 Å². The van der Waals surface area contributed by atoms with Gasteiger partial charge in [-0.1, -0.05) is 35.5 Å². The maximum Gasteiger partial charge on any atom is 0.267 e. The van der Waals surface area contributed by atoms with Crippen LogP contribution in [0, 0.1) is 25.5 Å². The monoisotopic (exact) mass is 511 g/mol. The second-order valence-corrected chi connectivity index (χ2v) is 10.7. The highest BCUT2D eigenvalue weighted by Crippen LogP contribution is 2.35. The lowest BCUT2D eigenvalue weighted by Crippen LogP contribution is -2.24. The zero-order valence-electron chi connectivity index (χ0n) is 19.3. The van der Waals surface area contributed by atoms with Crippen molar-refractivity contribution in [3.63, 3.8) is 0 Å². The summed E-state index contributed by atoms with van der Waals surface area (Å²) >= 11 is 2.61. The van der Waals surface area contributed by atoms with Gasteiger partial charge in [-0.3, -0.25) is 14.2 Å². The van der Waals surface area contributed by atoms with Gasteiger partial charge in [0.1, 0.15) is 22.2 Å². The number of fused-ring (bicyclic) bond motifs is 3. The molecule has 0 bridgehead atoms. The highest BCUT2D eigenvalue weighted by atomic mass is 32.2. The third-order valence-corrected chi connectivity index (χ3v) is 8.24. The molecule has 2 aromatic heterocycles. The molecule has 2 heterocycles. The molecule has 1 N–H and O–H groups in total. The Kier molecular flexibility index (Phi) is 6.46. The van der Waals surface area contributed by atoms with Gasteiger partial charge >= 0.3 is 0 Å². The number of carbonyl (C=O) groups is 1. The Balaban J connectivity index is 1.56. The minimum atomic E-state index is -0.848. The molecule has 0 radical (unpaired) electrons. The summed E-state index contributed by atoms with van der Waals surface area (Å²) < 4.78 is 29.5. The summed E-state index contributed by atoms with van der Waals surface area (Å²) in [5.74, 6) is -2.45. The fraction of sp³-hybridized carbons (Fsp3) is 0.269. The molecule has 1 aliphatic rings. The van der Waals surface area contributed by atoms with E-state index in [0.29, 0.717) is 21.1 Å². The molecule has 180 valence electrons. The smallest absolute Gasteiger partial charge is 0.267 e. The lowest BCUT2D eigenvalue weighted by molar-refractivity contribution is -0.113. The number of carbonyl (C=O) groups excluding carboxylic acids is 1. The van der Waals surface area contributed by atoms with Gasteiger partial charge in [0, 0.05) is 4.88 Å². The number of nitrogens with one attached hydrogen (secondary N) is 1. The maximum atomic E-state index is 14.0. The molecule has 1 amide bonds. The van der Waals surface area contributed by atoms with E-state index in [-0.39, 0.29) is 11.3 Å². The fourth-order valence-corrected chi connectivity index (χ4v) is 6.58. The fourth-order valence-electron chi connectivity index (χ4n) is 4.47. The summed E-state index contributed by atoms with van der Waals surface area (Å²) in [6, 6.07) is 9.21. The first kappa shape index (κ1) is 23.7. The number of anilines is 1. The molecule has 35 heavy (non-hydrogen) atoms. The van der Waals surface area contributed by atoms with Crippen molar-refractivity contribution < 1.29 is 13.6 Å². The lowest BCUT2D eigenvalue weighted by Gasteiger charge is -2.16. The molecule has 9 heteroatoms. The molecular weight excluding hydrogens is 488 g/mol. The Morgan fingerprint density at radius 3 is 2.63 bits per heavy atom. The average molecular weight is 512 g/mol. The molecule has 0 fully saturated rings. The zero-order chi connectivity index (χ0) is 24.7. The van der Waals surface area contributed by atoms with Crippen LogP contribution in [0.25, 0.3) is 15.9 Å². The summed E-state index contributed by atoms with van der Waals surface area (Å²) in [6.07, 6.45) is 3.95. The minimum absolute atomic E-state index is 0.149. The van der Waals surface area contributed by atoms with Crippen LogP contribution in [0.1, 0.15) is 34.4 Å². The number of benzene rings is 2. The maximum absolute atomic E-state index is 14.0. The van der Waals surface area contributed by atoms with Crippen LogP contribution < -0.4 is 10.9 Å². The minimum Gasteiger partial charge on any atom is -0.320 e. The van der Waals surface area contributed by atoms with Gasteiger partial charge < -0.3 is 5.32 Å². The van der Waals surface area contributed by atoms with Crippen molar-refractivity contribution in [3.05, 3.63) is 80.0 Å². The van der Waals surface area contributed by atoms with Crippen LogP contribution in [-0.2, 0) is 17.6 Å². The number of nitrogens with zero attached hydrogens (tertiary/aromatic N) is 2. The summed E-state index contributed by atoms with van der Waals surface area (Å²) in [5, 5.41) is 3.33. The number of rotatable bonds is 5. The first-order chi connectivity index (χ1) is 16.8. The van der Waals surface area contributed by atoms with Crippen LogP contribution >= 0.6 is 23.1 Å². The van der Waals surface area contributed by atoms with Crippen molar-refractivity contribution in [2.45, 2.75) is 44.7 Å². The van der Waals surface area contributed by atoms with Crippen LogP contribution in [0.3, 0.4) is 0 Å². The molecule has 5 nitrogen and oxygen atoms in total. The molecule has 0 unspecified atom stereocenters. The van der Waals surface area contributed by atoms with Crippen LogP contribution in [0.2, 0.25) is 0 Å². The van der Waals surface area contributed by atoms with Crippen molar-refractivity contribution >= 4 is 44.9 Å². The molecule has 0 saturated heterocycles. The van der Waals surface area contributed by atoms with Gasteiger partial charge in [0.2, 0.25) is 5.91 Å². The number of hydrogen-bond acceptors (Lipinski definition) is 5. The van der Waals surface area contributed by atoms with E-state index in [1.165, 1.54) is 10.9 Å². The molecule has 0 saturated carbocycles. The molecule has 4 aromatic rings. The standard InChI is InChI=1S/C26H23F2N3O2S2/c1-14-10-11-19(15(2)12-14)31-25(33)22-16-6-3-4-9-20(16)35-24(22)30-26(31)34-13-21(32)29-23-17(27)7-5-8-18(23)28/h5,7-8,10-12H,3-4,6,9,13H2,1-2H3,(H,29,32). The number of thioether (sulfide) groups is 1. The van der Waals surface area contributed by atoms with Crippen molar-refractivity contribution in [1.82, 2.24) is 9.55 Å². The van der Waals surface area contributed by atoms with E-state index in [2.05, 4.69) is 5.32 Å². The molecule has 5 rings (SSSR count). The van der Waals surface area contributed by atoms with E-state index in [9.17, 15) is 18.4 Å². The highest BCUT2D eigenvalue weighted by Gasteiger charge is 2.24. The predicted molar refractivity (Wildman–Crippen MR) is 137 cm³/mol. The molecule has 0 spiro atoms. The molecular formula is C26H23F2N3O2S2. The van der Waals surface area contributed by atoms with E-state index in [4.69, 9.17) is 4.98 Å². The van der Waals surface area contributed by atoms with Gasteiger partial charge in [-0.15, -0.1) is 11.3 Å². The largest absolute Gasteiger partial charge is 0.320 e. The Bertz CT molecular complexity index is 1510. The highest BCUT2D eigenvalue weighted by molar-refractivity contribution is 7.99. The van der Waals surface area contributed by atoms with Gasteiger partial charge in [-0.05, 0) is 68.9 Å². The van der Waals surface area contributed by atoms with E-state index < -0.39 is 23.2 Å².